The lowest BCUT2D eigenvalue weighted by Crippen LogP contribution is -2.28. The van der Waals surface area contributed by atoms with E-state index in [0.717, 1.165) is 5.01 Å². The van der Waals surface area contributed by atoms with Gasteiger partial charge >= 0.3 is 0 Å². The molecule has 0 bridgehead atoms. The van der Waals surface area contributed by atoms with Gasteiger partial charge in [-0.05, 0) is 24.6 Å². The lowest BCUT2D eigenvalue weighted by molar-refractivity contribution is 0.549. The molecule has 0 aliphatic carbocycles. The molecule has 1 atom stereocenters. The molecule has 108 valence electrons. The Morgan fingerprint density at radius 3 is 2.85 bits per heavy atom. The number of benzene rings is 1. The monoisotopic (exact) mass is 375 g/mol. The van der Waals surface area contributed by atoms with Crippen molar-refractivity contribution in [1.29, 1.82) is 0 Å². The number of thiazole rings is 1. The minimum Gasteiger partial charge on any atom is -0.398 e. The van der Waals surface area contributed by atoms with E-state index in [4.69, 9.17) is 5.73 Å². The van der Waals surface area contributed by atoms with Crippen LogP contribution in [0.4, 0.5) is 5.69 Å². The zero-order valence-electron chi connectivity index (χ0n) is 10.7. The highest BCUT2D eigenvalue weighted by Crippen LogP contribution is 2.26. The molecule has 2 rings (SSSR count). The van der Waals surface area contributed by atoms with E-state index in [-0.39, 0.29) is 16.6 Å². The molecule has 1 aromatic carbocycles. The molecule has 0 aliphatic rings. The van der Waals surface area contributed by atoms with Gasteiger partial charge in [-0.15, -0.1) is 11.3 Å². The molecule has 0 spiro atoms. The Bertz CT molecular complexity index is 687. The minimum absolute atomic E-state index is 0.0712. The van der Waals surface area contributed by atoms with Crippen LogP contribution in [0.25, 0.3) is 0 Å². The Balaban J connectivity index is 2.33. The summed E-state index contributed by atoms with van der Waals surface area (Å²) in [7, 11) is -3.69. The number of anilines is 1. The van der Waals surface area contributed by atoms with Crippen LogP contribution >= 0.6 is 27.3 Å². The first-order chi connectivity index (χ1) is 9.44. The van der Waals surface area contributed by atoms with Gasteiger partial charge in [-0.25, -0.2) is 18.1 Å². The predicted molar refractivity (Wildman–Crippen MR) is 84.0 cm³/mol. The van der Waals surface area contributed by atoms with Crippen molar-refractivity contribution in [2.45, 2.75) is 24.3 Å². The highest BCUT2D eigenvalue weighted by molar-refractivity contribution is 9.10. The summed E-state index contributed by atoms with van der Waals surface area (Å²) < 4.78 is 28.2. The Labute approximate surface area is 130 Å². The molecule has 0 amide bonds. The fourth-order valence-corrected chi connectivity index (χ4v) is 4.51. The van der Waals surface area contributed by atoms with Gasteiger partial charge in [0.2, 0.25) is 10.0 Å². The third kappa shape index (κ3) is 3.38. The topological polar surface area (TPSA) is 85.1 Å². The molecule has 0 radical (unpaired) electrons. The van der Waals surface area contributed by atoms with Crippen molar-refractivity contribution in [1.82, 2.24) is 9.71 Å². The van der Waals surface area contributed by atoms with Crippen LogP contribution in [0.3, 0.4) is 0 Å². The number of nitrogens with two attached hydrogens (primary N) is 1. The summed E-state index contributed by atoms with van der Waals surface area (Å²) in [6.45, 7) is 1.90. The van der Waals surface area contributed by atoms with Crippen LogP contribution in [0.2, 0.25) is 0 Å². The van der Waals surface area contributed by atoms with E-state index in [1.54, 1.807) is 18.3 Å². The second-order valence-electron chi connectivity index (χ2n) is 4.13. The number of nitrogens with one attached hydrogen (secondary N) is 1. The molecule has 0 aliphatic heterocycles. The maximum Gasteiger partial charge on any atom is 0.243 e. The van der Waals surface area contributed by atoms with Crippen LogP contribution < -0.4 is 10.5 Å². The van der Waals surface area contributed by atoms with E-state index in [1.807, 2.05) is 12.3 Å². The molecule has 20 heavy (non-hydrogen) atoms. The lowest BCUT2D eigenvalue weighted by atomic mass is 10.3. The maximum absolute atomic E-state index is 12.4. The van der Waals surface area contributed by atoms with Crippen molar-refractivity contribution >= 4 is 43.0 Å². The van der Waals surface area contributed by atoms with Crippen LogP contribution in [-0.4, -0.2) is 13.4 Å². The summed E-state index contributed by atoms with van der Waals surface area (Å²) in [5, 5.41) is 2.56. The Morgan fingerprint density at radius 2 is 2.25 bits per heavy atom. The zero-order chi connectivity index (χ0) is 14.8. The van der Waals surface area contributed by atoms with Crippen molar-refractivity contribution in [3.8, 4) is 0 Å². The summed E-state index contributed by atoms with van der Waals surface area (Å²) in [5.41, 5.74) is 5.98. The van der Waals surface area contributed by atoms with Crippen LogP contribution in [0.15, 0.2) is 39.1 Å². The third-order valence-corrected chi connectivity index (χ3v) is 5.63. The number of sulfonamides is 1. The van der Waals surface area contributed by atoms with Gasteiger partial charge in [0.05, 0.1) is 11.7 Å². The van der Waals surface area contributed by atoms with Crippen LogP contribution in [0, 0.1) is 0 Å². The first kappa shape index (κ1) is 15.4. The second-order valence-corrected chi connectivity index (χ2v) is 7.66. The highest BCUT2D eigenvalue weighted by Gasteiger charge is 2.23. The van der Waals surface area contributed by atoms with Gasteiger partial charge in [0.1, 0.15) is 9.90 Å². The number of rotatable bonds is 5. The molecule has 1 unspecified atom stereocenters. The Hall–Kier alpha value is -0.960. The number of hydrogen-bond acceptors (Lipinski definition) is 5. The van der Waals surface area contributed by atoms with Gasteiger partial charge in [-0.1, -0.05) is 22.9 Å². The number of halogens is 1. The third-order valence-electron chi connectivity index (χ3n) is 2.72. The molecule has 0 saturated carbocycles. The fourth-order valence-electron chi connectivity index (χ4n) is 1.71. The summed E-state index contributed by atoms with van der Waals surface area (Å²) in [6, 6.07) is 4.40. The number of nitrogens with zero attached hydrogens (tertiary/aromatic N) is 1. The largest absolute Gasteiger partial charge is 0.398 e. The van der Waals surface area contributed by atoms with Crippen molar-refractivity contribution < 1.29 is 8.42 Å². The van der Waals surface area contributed by atoms with Crippen molar-refractivity contribution in [2.75, 3.05) is 5.73 Å². The summed E-state index contributed by atoms with van der Waals surface area (Å²) in [6.07, 6.45) is 2.27. The van der Waals surface area contributed by atoms with Crippen LogP contribution in [-0.2, 0) is 10.0 Å². The molecular formula is C12H14BrN3O2S2. The van der Waals surface area contributed by atoms with E-state index in [0.29, 0.717) is 10.9 Å². The van der Waals surface area contributed by atoms with E-state index in [2.05, 4.69) is 25.6 Å². The van der Waals surface area contributed by atoms with Crippen molar-refractivity contribution in [3.63, 3.8) is 0 Å². The molecule has 3 N–H and O–H groups in total. The molecule has 1 heterocycles. The quantitative estimate of drug-likeness (QED) is 0.786. The predicted octanol–water partition coefficient (Wildman–Crippen LogP) is 2.92. The summed E-state index contributed by atoms with van der Waals surface area (Å²) in [5.74, 6) is 0. The van der Waals surface area contributed by atoms with Gasteiger partial charge in [0.25, 0.3) is 0 Å². The van der Waals surface area contributed by atoms with E-state index < -0.39 is 10.0 Å². The first-order valence-electron chi connectivity index (χ1n) is 5.90. The average molecular weight is 376 g/mol. The summed E-state index contributed by atoms with van der Waals surface area (Å²) >= 11 is 4.67. The van der Waals surface area contributed by atoms with Gasteiger partial charge in [0, 0.05) is 16.0 Å². The van der Waals surface area contributed by atoms with Gasteiger partial charge in [-0.3, -0.25) is 0 Å². The number of nitrogen functional groups attached to an aromatic ring is 1. The minimum atomic E-state index is -3.69. The fraction of sp³-hybridized carbons (Fsp3) is 0.250. The zero-order valence-corrected chi connectivity index (χ0v) is 13.9. The molecule has 0 fully saturated rings. The molecule has 2 aromatic rings. The highest BCUT2D eigenvalue weighted by atomic mass is 79.9. The first-order valence-corrected chi connectivity index (χ1v) is 9.06. The van der Waals surface area contributed by atoms with Crippen molar-refractivity contribution in [2.24, 2.45) is 0 Å². The number of aromatic nitrogens is 1. The van der Waals surface area contributed by atoms with Crippen LogP contribution in [0.5, 0.6) is 0 Å². The smallest absolute Gasteiger partial charge is 0.243 e. The van der Waals surface area contributed by atoms with Gasteiger partial charge in [-0.2, -0.15) is 0 Å². The maximum atomic E-state index is 12.4. The van der Waals surface area contributed by atoms with Crippen LogP contribution in [0.1, 0.15) is 24.4 Å². The molecule has 5 nitrogen and oxygen atoms in total. The van der Waals surface area contributed by atoms with E-state index in [1.165, 1.54) is 17.4 Å². The molecule has 8 heteroatoms. The van der Waals surface area contributed by atoms with E-state index >= 15 is 0 Å². The van der Waals surface area contributed by atoms with Gasteiger partial charge < -0.3 is 5.73 Å². The number of hydrogen-bond donors (Lipinski definition) is 2. The SMILES string of the molecule is CCC(NS(=O)(=O)c1cc(Br)ccc1N)c1nccs1. The lowest BCUT2D eigenvalue weighted by Gasteiger charge is -2.16. The molecular weight excluding hydrogens is 362 g/mol. The average Bonchev–Trinajstić information content (AvgIpc) is 2.92. The Morgan fingerprint density at radius 1 is 1.50 bits per heavy atom. The Kier molecular flexibility index (Phi) is 4.79. The van der Waals surface area contributed by atoms with Gasteiger partial charge in [0.15, 0.2) is 0 Å². The van der Waals surface area contributed by atoms with Crippen molar-refractivity contribution in [3.05, 3.63) is 39.3 Å². The molecule has 1 aromatic heterocycles. The normalized spacial score (nSPS) is 13.3. The standard InChI is InChI=1S/C12H14BrN3O2S2/c1-2-10(12-15-5-6-19-12)16-20(17,18)11-7-8(13)3-4-9(11)14/h3-7,10,16H,2,14H2,1H3. The summed E-state index contributed by atoms with van der Waals surface area (Å²) in [4.78, 5) is 4.23. The second kappa shape index (κ2) is 6.21. The molecule has 0 saturated heterocycles. The van der Waals surface area contributed by atoms with E-state index in [9.17, 15) is 8.42 Å².